The van der Waals surface area contributed by atoms with Gasteiger partial charge in [0.05, 0.1) is 5.75 Å². The van der Waals surface area contributed by atoms with Crippen LogP contribution in [0.25, 0.3) is 0 Å². The van der Waals surface area contributed by atoms with E-state index in [1.54, 1.807) is 0 Å². The zero-order chi connectivity index (χ0) is 12.6. The molecule has 0 saturated heterocycles. The molecule has 0 aliphatic rings. The molecule has 0 spiro atoms. The summed E-state index contributed by atoms with van der Waals surface area (Å²) in [5.74, 6) is 0.963. The molecule has 0 heterocycles. The molecule has 1 aromatic carbocycles. The molecular formula is C14H21AlO. The van der Waals surface area contributed by atoms with Gasteiger partial charge in [-0.2, -0.15) is 0 Å². The normalized spacial score (nSPS) is 12.6. The highest BCUT2D eigenvalue weighted by Crippen LogP contribution is 2.39. The van der Waals surface area contributed by atoms with Crippen molar-refractivity contribution in [3.8, 4) is 5.75 Å². The van der Waals surface area contributed by atoms with Gasteiger partial charge in [-0.05, 0) is 28.0 Å². The molecule has 0 fully saturated rings. The van der Waals surface area contributed by atoms with Crippen LogP contribution in [0.2, 0.25) is 0 Å². The Morgan fingerprint density at radius 3 is 1.88 bits per heavy atom. The molecule has 1 aromatic rings. The largest absolute Gasteiger partial charge is 0.653 e. The summed E-state index contributed by atoms with van der Waals surface area (Å²) in [7, 11) is 0. The van der Waals surface area contributed by atoms with Gasteiger partial charge < -0.3 is 3.79 Å². The van der Waals surface area contributed by atoms with Gasteiger partial charge in [0.2, 0.25) is 0 Å². The van der Waals surface area contributed by atoms with Crippen LogP contribution in [0.3, 0.4) is 0 Å². The molecule has 1 rings (SSSR count). The Bertz CT molecular complexity index is 369. The van der Waals surface area contributed by atoms with Gasteiger partial charge in [-0.25, -0.2) is 0 Å². The monoisotopic (exact) mass is 232 g/mol. The molecule has 0 atom stereocenters. The number of hydrogen-bond donors (Lipinski definition) is 0. The third-order valence-electron chi connectivity index (χ3n) is 2.71. The fourth-order valence-corrected chi connectivity index (χ4v) is 2.22. The van der Waals surface area contributed by atoms with Crippen LogP contribution in [-0.2, 0) is 10.8 Å². The van der Waals surface area contributed by atoms with E-state index in [1.165, 1.54) is 11.1 Å². The van der Waals surface area contributed by atoms with Gasteiger partial charge in [0.15, 0.2) is 0 Å². The van der Waals surface area contributed by atoms with Crippen molar-refractivity contribution < 1.29 is 3.79 Å². The Kier molecular flexibility index (Phi) is 3.77. The summed E-state index contributed by atoms with van der Waals surface area (Å²) in [6, 6.07) is 6.30. The van der Waals surface area contributed by atoms with Gasteiger partial charge in [-0.15, -0.1) is 0 Å². The van der Waals surface area contributed by atoms with Gasteiger partial charge in [-0.3, -0.25) is 0 Å². The topological polar surface area (TPSA) is 9.23 Å². The zero-order valence-electron chi connectivity index (χ0n) is 11.2. The summed E-state index contributed by atoms with van der Waals surface area (Å²) in [6.45, 7) is 13.4. The lowest BCUT2D eigenvalue weighted by Crippen LogP contribution is -2.22. The van der Waals surface area contributed by atoms with Crippen LogP contribution in [0.5, 0.6) is 5.75 Å². The first-order valence-electron chi connectivity index (χ1n) is 5.68. The van der Waals surface area contributed by atoms with Crippen molar-refractivity contribution in [2.45, 2.75) is 52.4 Å². The van der Waals surface area contributed by atoms with Gasteiger partial charge in [0.1, 0.15) is 0 Å². The van der Waals surface area contributed by atoms with Crippen LogP contribution >= 0.6 is 0 Å². The van der Waals surface area contributed by atoms with E-state index < -0.39 is 0 Å². The third-order valence-corrected chi connectivity index (χ3v) is 2.97. The van der Waals surface area contributed by atoms with Crippen molar-refractivity contribution in [2.75, 3.05) is 0 Å². The van der Waals surface area contributed by atoms with Crippen LogP contribution in [0, 0.1) is 0 Å². The van der Waals surface area contributed by atoms with Crippen molar-refractivity contribution >= 4 is 16.6 Å². The summed E-state index contributed by atoms with van der Waals surface area (Å²) in [6.07, 6.45) is 0. The average Bonchev–Trinajstić information content (AvgIpc) is 2.13. The van der Waals surface area contributed by atoms with E-state index in [1.807, 2.05) is 6.07 Å². The molecule has 0 aromatic heterocycles. The standard InChI is InChI=1S/C14H22O.Al/c1-13(2,3)10-8-7-9-11(15)12(10)14(4,5)6;/h7-9,15H,1-6H3;/q;+1/p-1. The highest BCUT2D eigenvalue weighted by atomic mass is 27.1. The minimum atomic E-state index is 0.0930. The van der Waals surface area contributed by atoms with E-state index >= 15 is 0 Å². The number of benzene rings is 1. The summed E-state index contributed by atoms with van der Waals surface area (Å²) >= 11 is 2.35. The van der Waals surface area contributed by atoms with Crippen molar-refractivity contribution in [1.82, 2.24) is 0 Å². The van der Waals surface area contributed by atoms with Crippen molar-refractivity contribution in [3.05, 3.63) is 29.3 Å². The molecule has 0 unspecified atom stereocenters. The zero-order valence-corrected chi connectivity index (χ0v) is 12.4. The lowest BCUT2D eigenvalue weighted by atomic mass is 9.75. The number of rotatable bonds is 1. The smallest absolute Gasteiger partial charge is 0.482 e. The molecule has 0 bridgehead atoms. The molecular weight excluding hydrogens is 211 g/mol. The minimum absolute atomic E-state index is 0.0930. The maximum atomic E-state index is 5.42. The minimum Gasteiger partial charge on any atom is -0.653 e. The van der Waals surface area contributed by atoms with Gasteiger partial charge in [0.25, 0.3) is 0 Å². The summed E-state index contributed by atoms with van der Waals surface area (Å²) in [5.41, 5.74) is 2.90. The molecule has 0 aliphatic heterocycles. The highest BCUT2D eigenvalue weighted by molar-refractivity contribution is 6.00. The first-order chi connectivity index (χ1) is 7.18. The second kappa shape index (κ2) is 4.43. The second-order valence-corrected chi connectivity index (χ2v) is 6.53. The Morgan fingerprint density at radius 1 is 0.938 bits per heavy atom. The molecule has 0 N–H and O–H groups in total. The molecule has 86 valence electrons. The van der Waals surface area contributed by atoms with Crippen LogP contribution in [-0.4, -0.2) is 16.6 Å². The van der Waals surface area contributed by atoms with E-state index in [2.05, 4.69) is 70.3 Å². The predicted molar refractivity (Wildman–Crippen MR) is 70.2 cm³/mol. The summed E-state index contributed by atoms with van der Waals surface area (Å²) < 4.78 is 5.42. The predicted octanol–water partition coefficient (Wildman–Crippen LogP) is 3.74. The van der Waals surface area contributed by atoms with E-state index in [9.17, 15) is 0 Å². The van der Waals surface area contributed by atoms with Gasteiger partial charge >= 0.3 is 16.6 Å². The van der Waals surface area contributed by atoms with Crippen LogP contribution in [0.4, 0.5) is 0 Å². The molecule has 0 aliphatic carbocycles. The molecule has 1 nitrogen and oxygen atoms in total. The first kappa shape index (κ1) is 13.6. The quantitative estimate of drug-likeness (QED) is 0.670. The summed E-state index contributed by atoms with van der Waals surface area (Å²) in [4.78, 5) is 0. The van der Waals surface area contributed by atoms with Crippen LogP contribution in [0.1, 0.15) is 52.7 Å². The molecule has 16 heavy (non-hydrogen) atoms. The van der Waals surface area contributed by atoms with E-state index in [0.717, 1.165) is 5.75 Å². The average molecular weight is 232 g/mol. The van der Waals surface area contributed by atoms with E-state index in [-0.39, 0.29) is 10.8 Å². The lowest BCUT2D eigenvalue weighted by Gasteiger charge is -2.32. The summed E-state index contributed by atoms with van der Waals surface area (Å²) in [5, 5.41) is 0. The fourth-order valence-electron chi connectivity index (χ4n) is 2.03. The van der Waals surface area contributed by atoms with Gasteiger partial charge in [-0.1, -0.05) is 53.7 Å². The fraction of sp³-hybridized carbons (Fsp3) is 0.571. The van der Waals surface area contributed by atoms with Gasteiger partial charge in [0, 0.05) is 0 Å². The molecule has 0 amide bonds. The van der Waals surface area contributed by atoms with E-state index in [4.69, 9.17) is 3.79 Å². The Labute approximate surface area is 108 Å². The number of hydrogen-bond acceptors (Lipinski definition) is 1. The highest BCUT2D eigenvalue weighted by Gasteiger charge is 2.27. The molecule has 2 radical (unpaired) electrons. The maximum absolute atomic E-state index is 5.42. The third kappa shape index (κ3) is 2.81. The maximum Gasteiger partial charge on any atom is 0.482 e. The van der Waals surface area contributed by atoms with Crippen molar-refractivity contribution in [2.24, 2.45) is 0 Å². The Balaban J connectivity index is 3.51. The van der Waals surface area contributed by atoms with E-state index in [0.29, 0.717) is 0 Å². The molecule has 0 saturated carbocycles. The lowest BCUT2D eigenvalue weighted by molar-refractivity contribution is 0.499. The van der Waals surface area contributed by atoms with Crippen LogP contribution in [0.15, 0.2) is 18.2 Å². The molecule has 2 heteroatoms. The van der Waals surface area contributed by atoms with Crippen LogP contribution < -0.4 is 3.79 Å². The van der Waals surface area contributed by atoms with Crippen molar-refractivity contribution in [3.63, 3.8) is 0 Å². The van der Waals surface area contributed by atoms with Crippen molar-refractivity contribution in [1.29, 1.82) is 0 Å². The first-order valence-corrected chi connectivity index (χ1v) is 6.16. The Morgan fingerprint density at radius 2 is 1.50 bits per heavy atom. The Hall–Kier alpha value is -0.448. The SMILES string of the molecule is CC(C)(C)c1cccc([O][Al])c1C(C)(C)C. The second-order valence-electron chi connectivity index (χ2n) is 6.30.